The van der Waals surface area contributed by atoms with Crippen molar-refractivity contribution >= 4 is 5.69 Å². The molecule has 0 unspecified atom stereocenters. The van der Waals surface area contributed by atoms with Crippen molar-refractivity contribution in [2.45, 2.75) is 82.2 Å². The van der Waals surface area contributed by atoms with E-state index in [2.05, 4.69) is 89.8 Å². The van der Waals surface area contributed by atoms with Gasteiger partial charge in [0.15, 0.2) is 23.0 Å². The third-order valence-corrected chi connectivity index (χ3v) is 12.0. The molecule has 3 aliphatic rings. The van der Waals surface area contributed by atoms with Gasteiger partial charge in [0.2, 0.25) is 0 Å². The van der Waals surface area contributed by atoms with Gasteiger partial charge in [0.1, 0.15) is 5.75 Å². The lowest BCUT2D eigenvalue weighted by Gasteiger charge is -2.39. The van der Waals surface area contributed by atoms with Crippen LogP contribution < -0.4 is 28.6 Å². The highest BCUT2D eigenvalue weighted by Gasteiger charge is 2.32. The van der Waals surface area contributed by atoms with Gasteiger partial charge in [0.25, 0.3) is 0 Å². The monoisotopic (exact) mass is 738 g/mol. The molecule has 0 amide bonds. The molecule has 0 atom stereocenters. The van der Waals surface area contributed by atoms with Gasteiger partial charge in [-0.25, -0.2) is 0 Å². The SMILES string of the molecule is COc1ccccc1N(Cc1cccc(-c2cc(OC)c(OC)c(C3CC3)c2)c1)C1CCC(Cc2ccnc(-c3cc(OC)c(OC)c(C4CC4)c3)c2)CC1. The van der Waals surface area contributed by atoms with Gasteiger partial charge < -0.3 is 28.6 Å². The lowest BCUT2D eigenvalue weighted by molar-refractivity contribution is 0.310. The zero-order chi connectivity index (χ0) is 37.9. The first-order chi connectivity index (χ1) is 27.0. The number of nitrogens with zero attached hydrogens (tertiary/aromatic N) is 2. The summed E-state index contributed by atoms with van der Waals surface area (Å²) < 4.78 is 29.1. The number of pyridine rings is 1. The molecule has 0 aliphatic heterocycles. The summed E-state index contributed by atoms with van der Waals surface area (Å²) in [6.07, 6.45) is 12.4. The van der Waals surface area contributed by atoms with Gasteiger partial charge in [-0.2, -0.15) is 0 Å². The number of hydrogen-bond donors (Lipinski definition) is 0. The maximum Gasteiger partial charge on any atom is 0.164 e. The fraction of sp³-hybridized carbons (Fsp3) is 0.396. The summed E-state index contributed by atoms with van der Waals surface area (Å²) >= 11 is 0. The van der Waals surface area contributed by atoms with E-state index >= 15 is 0 Å². The van der Waals surface area contributed by atoms with Crippen LogP contribution in [-0.4, -0.2) is 46.6 Å². The Balaban J connectivity index is 1.00. The largest absolute Gasteiger partial charge is 0.495 e. The van der Waals surface area contributed by atoms with Gasteiger partial charge in [-0.1, -0.05) is 30.3 Å². The highest BCUT2D eigenvalue weighted by Crippen LogP contribution is 2.50. The van der Waals surface area contributed by atoms with Crippen LogP contribution in [0.1, 0.15) is 85.5 Å². The Morgan fingerprint density at radius 1 is 0.545 bits per heavy atom. The second kappa shape index (κ2) is 16.3. The van der Waals surface area contributed by atoms with Crippen LogP contribution in [0.25, 0.3) is 22.4 Å². The maximum atomic E-state index is 5.95. The molecule has 0 saturated heterocycles. The third kappa shape index (κ3) is 7.98. The van der Waals surface area contributed by atoms with Gasteiger partial charge in [0.05, 0.1) is 46.9 Å². The third-order valence-electron chi connectivity index (χ3n) is 12.0. The van der Waals surface area contributed by atoms with E-state index in [4.69, 9.17) is 28.7 Å². The number of anilines is 1. The Morgan fingerprint density at radius 3 is 1.82 bits per heavy atom. The summed E-state index contributed by atoms with van der Waals surface area (Å²) in [6.45, 7) is 0.800. The smallest absolute Gasteiger partial charge is 0.164 e. The van der Waals surface area contributed by atoms with Gasteiger partial charge in [0, 0.05) is 35.5 Å². The van der Waals surface area contributed by atoms with Crippen molar-refractivity contribution in [3.63, 3.8) is 0 Å². The first kappa shape index (κ1) is 36.8. The van der Waals surface area contributed by atoms with Crippen LogP contribution in [-0.2, 0) is 13.0 Å². The number of rotatable bonds is 15. The van der Waals surface area contributed by atoms with Crippen molar-refractivity contribution in [2.75, 3.05) is 40.4 Å². The molecule has 0 radical (unpaired) electrons. The molecular weight excluding hydrogens is 685 g/mol. The Morgan fingerprint density at radius 2 is 1.18 bits per heavy atom. The van der Waals surface area contributed by atoms with Crippen LogP contribution in [0.5, 0.6) is 28.7 Å². The Kier molecular flexibility index (Phi) is 10.9. The Bertz CT molecular complexity index is 2110. The van der Waals surface area contributed by atoms with Crippen molar-refractivity contribution in [3.8, 4) is 51.1 Å². The highest BCUT2D eigenvalue weighted by molar-refractivity contribution is 5.71. The lowest BCUT2D eigenvalue weighted by Crippen LogP contribution is -2.38. The maximum absolute atomic E-state index is 5.95. The van der Waals surface area contributed by atoms with E-state index in [9.17, 15) is 0 Å². The molecule has 55 heavy (non-hydrogen) atoms. The van der Waals surface area contributed by atoms with Gasteiger partial charge >= 0.3 is 0 Å². The predicted octanol–water partition coefficient (Wildman–Crippen LogP) is 11.0. The standard InChI is InChI=1S/C48H54N2O5/c1-51-44-12-7-6-11-43(44)50(30-33-9-8-10-36(24-33)37-26-40(34-15-16-34)47(54-4)45(28-37)52-2)39-19-13-31(14-20-39)23-32-21-22-49-42(25-32)38-27-41(35-17-18-35)48(55-5)46(29-38)53-3/h6-12,21-22,24-29,31,34-35,39H,13-20,23,30H2,1-5H3. The zero-order valence-corrected chi connectivity index (χ0v) is 33.0. The topological polar surface area (TPSA) is 62.3 Å². The summed E-state index contributed by atoms with van der Waals surface area (Å²) in [6, 6.07) is 31.1. The molecule has 286 valence electrons. The Labute approximate surface area is 326 Å². The van der Waals surface area contributed by atoms with E-state index < -0.39 is 0 Å². The normalized spacial score (nSPS) is 18.1. The van der Waals surface area contributed by atoms with E-state index in [-0.39, 0.29) is 0 Å². The summed E-state index contributed by atoms with van der Waals surface area (Å²) in [7, 11) is 8.70. The second-order valence-corrected chi connectivity index (χ2v) is 15.6. The van der Waals surface area contributed by atoms with Gasteiger partial charge in [-0.15, -0.1) is 0 Å². The minimum Gasteiger partial charge on any atom is -0.495 e. The van der Waals surface area contributed by atoms with Crippen molar-refractivity contribution < 1.29 is 23.7 Å². The van der Waals surface area contributed by atoms with E-state index in [1.54, 1.807) is 35.5 Å². The first-order valence-corrected chi connectivity index (χ1v) is 20.0. The molecule has 0 spiro atoms. The summed E-state index contributed by atoms with van der Waals surface area (Å²) in [4.78, 5) is 7.40. The molecule has 3 aliphatic carbocycles. The molecule has 7 heteroatoms. The van der Waals surface area contributed by atoms with Crippen LogP contribution in [0, 0.1) is 5.92 Å². The molecule has 0 bridgehead atoms. The van der Waals surface area contributed by atoms with Crippen LogP contribution >= 0.6 is 0 Å². The zero-order valence-electron chi connectivity index (χ0n) is 33.0. The molecule has 4 aromatic carbocycles. The molecule has 1 aromatic heterocycles. The lowest BCUT2D eigenvalue weighted by atomic mass is 9.81. The van der Waals surface area contributed by atoms with Crippen molar-refractivity contribution in [2.24, 2.45) is 5.92 Å². The van der Waals surface area contributed by atoms with Gasteiger partial charge in [-0.3, -0.25) is 4.98 Å². The first-order valence-electron chi connectivity index (χ1n) is 20.0. The fourth-order valence-electron chi connectivity index (χ4n) is 8.77. The highest BCUT2D eigenvalue weighted by atomic mass is 16.5. The van der Waals surface area contributed by atoms with E-state index in [1.807, 2.05) is 6.20 Å². The average molecular weight is 739 g/mol. The number of methoxy groups -OCH3 is 5. The predicted molar refractivity (Wildman–Crippen MR) is 220 cm³/mol. The fourth-order valence-corrected chi connectivity index (χ4v) is 8.77. The van der Waals surface area contributed by atoms with Crippen LogP contribution in [0.4, 0.5) is 5.69 Å². The Hall–Kier alpha value is -5.17. The van der Waals surface area contributed by atoms with E-state index in [1.165, 1.54) is 71.9 Å². The van der Waals surface area contributed by atoms with Crippen molar-refractivity contribution in [3.05, 3.63) is 113 Å². The minimum absolute atomic E-state index is 0.402. The minimum atomic E-state index is 0.402. The number of hydrogen-bond acceptors (Lipinski definition) is 7. The van der Waals surface area contributed by atoms with Crippen molar-refractivity contribution in [1.29, 1.82) is 0 Å². The number of benzene rings is 4. The molecule has 3 saturated carbocycles. The van der Waals surface area contributed by atoms with E-state index in [0.717, 1.165) is 71.5 Å². The summed E-state index contributed by atoms with van der Waals surface area (Å²) in [5.74, 6) is 5.92. The second-order valence-electron chi connectivity index (χ2n) is 15.6. The molecule has 1 heterocycles. The van der Waals surface area contributed by atoms with E-state index in [0.29, 0.717) is 23.8 Å². The number of para-hydroxylation sites is 2. The molecule has 3 fully saturated rings. The summed E-state index contributed by atoms with van der Waals surface area (Å²) in [5.41, 5.74) is 10.7. The van der Waals surface area contributed by atoms with Gasteiger partial charge in [-0.05, 0) is 152 Å². The summed E-state index contributed by atoms with van der Waals surface area (Å²) in [5, 5.41) is 0. The number of ether oxygens (including phenoxy) is 5. The van der Waals surface area contributed by atoms with Crippen molar-refractivity contribution in [1.82, 2.24) is 4.98 Å². The molecule has 8 rings (SSSR count). The van der Waals surface area contributed by atoms with Crippen LogP contribution in [0.15, 0.2) is 91.1 Å². The molecule has 0 N–H and O–H groups in total. The molecular formula is C48H54N2O5. The molecule has 7 nitrogen and oxygen atoms in total. The van der Waals surface area contributed by atoms with Crippen LogP contribution in [0.2, 0.25) is 0 Å². The number of aromatic nitrogens is 1. The average Bonchev–Trinajstić information content (AvgIpc) is 4.17. The quantitative estimate of drug-likeness (QED) is 0.106. The van der Waals surface area contributed by atoms with Crippen LogP contribution in [0.3, 0.4) is 0 Å². The molecule has 5 aromatic rings.